The van der Waals surface area contributed by atoms with E-state index < -0.39 is 6.09 Å². The SMILES string of the molecule is CC(=C=O)COC(N)=O. The van der Waals surface area contributed by atoms with Gasteiger partial charge in [0, 0.05) is 5.57 Å². The molecular formula is C5H7NO3. The van der Waals surface area contributed by atoms with Crippen molar-refractivity contribution in [3.8, 4) is 0 Å². The van der Waals surface area contributed by atoms with E-state index in [1.165, 1.54) is 6.92 Å². The topological polar surface area (TPSA) is 69.4 Å². The van der Waals surface area contributed by atoms with Crippen molar-refractivity contribution in [2.24, 2.45) is 5.73 Å². The number of ether oxygens (including phenoxy) is 1. The van der Waals surface area contributed by atoms with E-state index in [1.807, 2.05) is 0 Å². The predicted octanol–water partition coefficient (Wildman–Crippen LogP) is -0.140. The summed E-state index contributed by atoms with van der Waals surface area (Å²) in [5.74, 6) is 1.55. The van der Waals surface area contributed by atoms with E-state index in [0.29, 0.717) is 5.57 Å². The molecule has 0 unspecified atom stereocenters. The molecule has 0 saturated carbocycles. The third-order valence-corrected chi connectivity index (χ3v) is 0.605. The highest BCUT2D eigenvalue weighted by Gasteiger charge is 1.93. The summed E-state index contributed by atoms with van der Waals surface area (Å²) >= 11 is 0. The molecule has 0 saturated heterocycles. The van der Waals surface area contributed by atoms with Gasteiger partial charge in [0.2, 0.25) is 0 Å². The van der Waals surface area contributed by atoms with E-state index in [2.05, 4.69) is 10.5 Å². The summed E-state index contributed by atoms with van der Waals surface area (Å²) in [6.07, 6.45) is -0.885. The number of hydrogen-bond acceptors (Lipinski definition) is 3. The molecule has 1 amide bonds. The molecule has 4 nitrogen and oxygen atoms in total. The second-order valence-corrected chi connectivity index (χ2v) is 1.49. The van der Waals surface area contributed by atoms with Crippen molar-refractivity contribution in [3.63, 3.8) is 0 Å². The van der Waals surface area contributed by atoms with Crippen LogP contribution in [0.4, 0.5) is 4.79 Å². The molecule has 0 fully saturated rings. The lowest BCUT2D eigenvalue weighted by Crippen LogP contribution is -2.14. The van der Waals surface area contributed by atoms with Gasteiger partial charge in [0.15, 0.2) is 0 Å². The molecule has 9 heavy (non-hydrogen) atoms. The van der Waals surface area contributed by atoms with Crippen LogP contribution in [0.25, 0.3) is 0 Å². The molecule has 0 heterocycles. The standard InChI is InChI=1S/C5H7NO3/c1-4(2-7)3-9-5(6)8/h3H2,1H3,(H2,6,8). The zero-order chi connectivity index (χ0) is 7.28. The lowest BCUT2D eigenvalue weighted by molar-refractivity contribution is 0.167. The Morgan fingerprint density at radius 1 is 1.78 bits per heavy atom. The molecule has 0 aliphatic carbocycles. The van der Waals surface area contributed by atoms with Crippen molar-refractivity contribution in [1.29, 1.82) is 0 Å². The molecule has 0 radical (unpaired) electrons. The van der Waals surface area contributed by atoms with E-state index in [1.54, 1.807) is 5.94 Å². The quantitative estimate of drug-likeness (QED) is 0.527. The van der Waals surface area contributed by atoms with Gasteiger partial charge < -0.3 is 10.5 Å². The first-order valence-electron chi connectivity index (χ1n) is 2.29. The van der Waals surface area contributed by atoms with Crippen LogP contribution in [-0.4, -0.2) is 18.6 Å². The van der Waals surface area contributed by atoms with Crippen LogP contribution in [0.15, 0.2) is 5.57 Å². The molecule has 50 valence electrons. The Labute approximate surface area is 52.3 Å². The third kappa shape index (κ3) is 4.58. The molecule has 0 rings (SSSR count). The van der Waals surface area contributed by atoms with Gasteiger partial charge in [-0.3, -0.25) is 0 Å². The minimum atomic E-state index is -0.885. The molecule has 0 aliphatic rings. The lowest BCUT2D eigenvalue weighted by atomic mass is 10.4. The van der Waals surface area contributed by atoms with Crippen molar-refractivity contribution in [2.45, 2.75) is 6.92 Å². The van der Waals surface area contributed by atoms with Gasteiger partial charge in [-0.2, -0.15) is 0 Å². The summed E-state index contributed by atoms with van der Waals surface area (Å²) in [4.78, 5) is 19.6. The summed E-state index contributed by atoms with van der Waals surface area (Å²) < 4.78 is 4.23. The van der Waals surface area contributed by atoms with Crippen LogP contribution in [0.5, 0.6) is 0 Å². The van der Waals surface area contributed by atoms with Gasteiger partial charge in [0.05, 0.1) is 0 Å². The van der Waals surface area contributed by atoms with Crippen LogP contribution in [0.1, 0.15) is 6.92 Å². The molecular weight excluding hydrogens is 122 g/mol. The molecule has 0 aromatic rings. The van der Waals surface area contributed by atoms with Crippen LogP contribution >= 0.6 is 0 Å². The summed E-state index contributed by atoms with van der Waals surface area (Å²) in [5.41, 5.74) is 4.90. The fourth-order valence-electron chi connectivity index (χ4n) is 0.209. The van der Waals surface area contributed by atoms with Crippen LogP contribution in [0.3, 0.4) is 0 Å². The monoisotopic (exact) mass is 129 g/mol. The van der Waals surface area contributed by atoms with E-state index in [9.17, 15) is 9.59 Å². The van der Waals surface area contributed by atoms with Crippen molar-refractivity contribution in [2.75, 3.05) is 6.61 Å². The number of carbonyl (C=O) groups is 1. The highest BCUT2D eigenvalue weighted by molar-refractivity contribution is 5.65. The number of rotatable bonds is 2. The largest absolute Gasteiger partial charge is 0.444 e. The Hall–Kier alpha value is -1.28. The maximum Gasteiger partial charge on any atom is 0.404 e. The smallest absolute Gasteiger partial charge is 0.404 e. The van der Waals surface area contributed by atoms with Crippen molar-refractivity contribution < 1.29 is 14.3 Å². The van der Waals surface area contributed by atoms with Gasteiger partial charge in [-0.15, -0.1) is 0 Å². The van der Waals surface area contributed by atoms with Gasteiger partial charge in [-0.25, -0.2) is 9.59 Å². The number of carbonyl (C=O) groups excluding carboxylic acids is 2. The van der Waals surface area contributed by atoms with E-state index in [-0.39, 0.29) is 6.61 Å². The first-order chi connectivity index (χ1) is 4.16. The fourth-order valence-corrected chi connectivity index (χ4v) is 0.209. The predicted molar refractivity (Wildman–Crippen MR) is 30.4 cm³/mol. The Kier molecular flexibility index (Phi) is 3.16. The van der Waals surface area contributed by atoms with Gasteiger partial charge in [-0.1, -0.05) is 0 Å². The second-order valence-electron chi connectivity index (χ2n) is 1.49. The molecule has 0 atom stereocenters. The van der Waals surface area contributed by atoms with Crippen molar-refractivity contribution >= 4 is 12.0 Å². The number of primary amides is 1. The number of hydrogen-bond donors (Lipinski definition) is 1. The molecule has 0 bridgehead atoms. The van der Waals surface area contributed by atoms with Crippen LogP contribution < -0.4 is 5.73 Å². The first kappa shape index (κ1) is 7.72. The van der Waals surface area contributed by atoms with Gasteiger partial charge >= 0.3 is 6.09 Å². The highest BCUT2D eigenvalue weighted by atomic mass is 16.5. The van der Waals surface area contributed by atoms with E-state index >= 15 is 0 Å². The average Bonchev–Trinajstić information content (AvgIpc) is 1.83. The maximum atomic E-state index is 9.88. The Balaban J connectivity index is 3.52. The Bertz CT molecular complexity index is 158. The summed E-state index contributed by atoms with van der Waals surface area (Å²) in [5, 5.41) is 0. The van der Waals surface area contributed by atoms with Crippen LogP contribution in [-0.2, 0) is 9.53 Å². The highest BCUT2D eigenvalue weighted by Crippen LogP contribution is 1.84. The molecule has 4 heteroatoms. The lowest BCUT2D eigenvalue weighted by Gasteiger charge is -1.95. The minimum absolute atomic E-state index is 0.0706. The van der Waals surface area contributed by atoms with Crippen molar-refractivity contribution in [1.82, 2.24) is 0 Å². The minimum Gasteiger partial charge on any atom is -0.444 e. The van der Waals surface area contributed by atoms with E-state index in [0.717, 1.165) is 0 Å². The third-order valence-electron chi connectivity index (χ3n) is 0.605. The van der Waals surface area contributed by atoms with Crippen LogP contribution in [0.2, 0.25) is 0 Å². The first-order valence-corrected chi connectivity index (χ1v) is 2.29. The van der Waals surface area contributed by atoms with Gasteiger partial charge in [0.25, 0.3) is 0 Å². The Morgan fingerprint density at radius 2 is 2.33 bits per heavy atom. The number of amides is 1. The van der Waals surface area contributed by atoms with E-state index in [4.69, 9.17) is 0 Å². The molecule has 0 spiro atoms. The van der Waals surface area contributed by atoms with Crippen molar-refractivity contribution in [3.05, 3.63) is 5.57 Å². The maximum absolute atomic E-state index is 9.88. The second kappa shape index (κ2) is 3.69. The molecule has 0 aromatic carbocycles. The molecule has 2 N–H and O–H groups in total. The molecule has 0 aromatic heterocycles. The fraction of sp³-hybridized carbons (Fsp3) is 0.400. The molecule has 0 aliphatic heterocycles. The average molecular weight is 129 g/mol. The summed E-state index contributed by atoms with van der Waals surface area (Å²) in [7, 11) is 0. The summed E-state index contributed by atoms with van der Waals surface area (Å²) in [6.45, 7) is 1.43. The van der Waals surface area contributed by atoms with Gasteiger partial charge in [-0.05, 0) is 6.92 Å². The van der Waals surface area contributed by atoms with Gasteiger partial charge in [0.1, 0.15) is 12.5 Å². The zero-order valence-electron chi connectivity index (χ0n) is 5.01. The zero-order valence-corrected chi connectivity index (χ0v) is 5.01. The number of nitrogens with two attached hydrogens (primary N) is 1. The van der Waals surface area contributed by atoms with Crippen LogP contribution in [0, 0.1) is 0 Å². The Morgan fingerprint density at radius 3 is 2.67 bits per heavy atom. The normalized spacial score (nSPS) is 7.67. The summed E-state index contributed by atoms with van der Waals surface area (Å²) in [6, 6.07) is 0.